The Bertz CT molecular complexity index is 1190. The molecule has 2 nitrogen and oxygen atoms in total. The summed E-state index contributed by atoms with van der Waals surface area (Å²) >= 11 is 0. The summed E-state index contributed by atoms with van der Waals surface area (Å²) in [5, 5.41) is 23.0. The third kappa shape index (κ3) is 2.50. The molecule has 0 fully saturated rings. The van der Waals surface area contributed by atoms with Crippen molar-refractivity contribution in [1.82, 2.24) is 0 Å². The molecule has 0 spiro atoms. The average Bonchev–Trinajstić information content (AvgIpc) is 2.74. The normalized spacial score (nSPS) is 23.2. The lowest BCUT2D eigenvalue weighted by atomic mass is 9.66. The van der Waals surface area contributed by atoms with E-state index in [1.165, 1.54) is 48.5 Å². The Balaban J connectivity index is 2.03. The molecule has 0 bridgehead atoms. The smallest absolute Gasteiger partial charge is 0.372 e. The number of halogens is 6. The maximum Gasteiger partial charge on any atom is 0.425 e. The van der Waals surface area contributed by atoms with Crippen LogP contribution in [-0.2, 0) is 11.2 Å². The van der Waals surface area contributed by atoms with Gasteiger partial charge in [-0.2, -0.15) is 26.3 Å². The van der Waals surface area contributed by atoms with Crippen molar-refractivity contribution >= 4 is 21.5 Å². The molecule has 2 N–H and O–H groups in total. The van der Waals surface area contributed by atoms with Crippen molar-refractivity contribution in [3.05, 3.63) is 95.1 Å². The predicted molar refractivity (Wildman–Crippen MR) is 106 cm³/mol. The number of hydrogen-bond donors (Lipinski definition) is 2. The zero-order valence-corrected chi connectivity index (χ0v) is 16.1. The van der Waals surface area contributed by atoms with Gasteiger partial charge in [-0.15, -0.1) is 0 Å². The summed E-state index contributed by atoms with van der Waals surface area (Å²) in [6.45, 7) is 0. The van der Waals surface area contributed by atoms with E-state index < -0.39 is 45.8 Å². The van der Waals surface area contributed by atoms with Gasteiger partial charge in [0.25, 0.3) is 0 Å². The molecule has 0 atom stereocenters. The SMILES string of the molecule is OC1(C(F)(F)F)c2cc3ccccc3cc2C(O)(C(F)(F)F)c2cc3ccccc3cc21. The van der Waals surface area contributed by atoms with Gasteiger partial charge in [-0.25, -0.2) is 0 Å². The molecule has 164 valence electrons. The Morgan fingerprint density at radius 1 is 0.469 bits per heavy atom. The van der Waals surface area contributed by atoms with Crippen LogP contribution < -0.4 is 0 Å². The first-order valence-corrected chi connectivity index (χ1v) is 9.55. The monoisotopic (exact) mass is 448 g/mol. The standard InChI is InChI=1S/C24H14F6O2/c25-23(26,27)21(31)17-9-13-5-1-2-6-14(13)10-18(17)22(32,24(28,29)30)20-12-16-8-4-3-7-15(16)11-19(20)21/h1-12,31-32H. The molecule has 5 rings (SSSR count). The summed E-state index contributed by atoms with van der Waals surface area (Å²) in [5.74, 6) is 0. The van der Waals surface area contributed by atoms with Crippen molar-refractivity contribution in [3.8, 4) is 0 Å². The second-order valence-corrected chi connectivity index (χ2v) is 7.91. The van der Waals surface area contributed by atoms with Crippen molar-refractivity contribution in [1.29, 1.82) is 0 Å². The first kappa shape index (κ1) is 20.8. The second kappa shape index (κ2) is 6.24. The van der Waals surface area contributed by atoms with Crippen LogP contribution in [0, 0.1) is 0 Å². The highest BCUT2D eigenvalue weighted by atomic mass is 19.4. The summed E-state index contributed by atoms with van der Waals surface area (Å²) in [6.07, 6.45) is -10.7. The third-order valence-electron chi connectivity index (χ3n) is 6.15. The highest BCUT2D eigenvalue weighted by molar-refractivity contribution is 5.89. The van der Waals surface area contributed by atoms with E-state index in [1.807, 2.05) is 0 Å². The van der Waals surface area contributed by atoms with Gasteiger partial charge >= 0.3 is 12.4 Å². The molecule has 32 heavy (non-hydrogen) atoms. The Kier molecular flexibility index (Phi) is 4.05. The van der Waals surface area contributed by atoms with E-state index in [0.717, 1.165) is 24.3 Å². The molecule has 0 unspecified atom stereocenters. The summed E-state index contributed by atoms with van der Waals surface area (Å²) in [6, 6.07) is 15.2. The molecule has 0 radical (unpaired) electrons. The number of alkyl halides is 6. The average molecular weight is 448 g/mol. The van der Waals surface area contributed by atoms with Crippen LogP contribution in [0.5, 0.6) is 0 Å². The number of rotatable bonds is 0. The molecular weight excluding hydrogens is 434 g/mol. The minimum Gasteiger partial charge on any atom is -0.372 e. The van der Waals surface area contributed by atoms with Crippen LogP contribution in [-0.4, -0.2) is 22.6 Å². The number of hydrogen-bond acceptors (Lipinski definition) is 2. The fourth-order valence-corrected chi connectivity index (χ4v) is 4.58. The Hall–Kier alpha value is -3.10. The predicted octanol–water partition coefficient (Wildman–Crippen LogP) is 5.90. The van der Waals surface area contributed by atoms with Crippen molar-refractivity contribution < 1.29 is 36.6 Å². The van der Waals surface area contributed by atoms with Gasteiger partial charge in [0.2, 0.25) is 11.2 Å². The first-order valence-electron chi connectivity index (χ1n) is 9.55. The maximum atomic E-state index is 14.4. The van der Waals surface area contributed by atoms with E-state index in [0.29, 0.717) is 0 Å². The van der Waals surface area contributed by atoms with Crippen molar-refractivity contribution in [2.45, 2.75) is 23.6 Å². The summed E-state index contributed by atoms with van der Waals surface area (Å²) in [7, 11) is 0. The van der Waals surface area contributed by atoms with E-state index in [2.05, 4.69) is 0 Å². The van der Waals surface area contributed by atoms with Gasteiger partial charge in [0.15, 0.2) is 0 Å². The van der Waals surface area contributed by atoms with Gasteiger partial charge in [0.05, 0.1) is 0 Å². The second-order valence-electron chi connectivity index (χ2n) is 7.91. The molecule has 4 aromatic carbocycles. The molecule has 0 amide bonds. The lowest BCUT2D eigenvalue weighted by Gasteiger charge is -2.45. The molecule has 1 aliphatic rings. The van der Waals surface area contributed by atoms with Crippen molar-refractivity contribution in [2.24, 2.45) is 0 Å². The highest BCUT2D eigenvalue weighted by Gasteiger charge is 2.68. The zero-order valence-electron chi connectivity index (χ0n) is 16.1. The Morgan fingerprint density at radius 3 is 0.875 bits per heavy atom. The van der Waals surface area contributed by atoms with Crippen LogP contribution >= 0.6 is 0 Å². The maximum absolute atomic E-state index is 14.4. The molecule has 0 aliphatic heterocycles. The number of fused-ring (bicyclic) bond motifs is 4. The molecule has 0 aromatic heterocycles. The minimum absolute atomic E-state index is 0.197. The van der Waals surface area contributed by atoms with Crippen LogP contribution in [0.1, 0.15) is 22.3 Å². The van der Waals surface area contributed by atoms with Crippen LogP contribution in [0.3, 0.4) is 0 Å². The summed E-state index contributed by atoms with van der Waals surface area (Å²) < 4.78 is 86.5. The largest absolute Gasteiger partial charge is 0.425 e. The van der Waals surface area contributed by atoms with Crippen molar-refractivity contribution in [3.63, 3.8) is 0 Å². The molecule has 0 saturated carbocycles. The Labute approximate surface area is 177 Å². The first-order chi connectivity index (χ1) is 14.9. The van der Waals surface area contributed by atoms with Gasteiger partial charge in [0.1, 0.15) is 0 Å². The van der Waals surface area contributed by atoms with E-state index >= 15 is 0 Å². The molecular formula is C24H14F6O2. The zero-order chi connectivity index (χ0) is 23.1. The molecule has 8 heteroatoms. The third-order valence-corrected chi connectivity index (χ3v) is 6.15. The molecule has 4 aromatic rings. The van der Waals surface area contributed by atoms with Crippen LogP contribution in [0.4, 0.5) is 26.3 Å². The van der Waals surface area contributed by atoms with E-state index in [4.69, 9.17) is 0 Å². The van der Waals surface area contributed by atoms with Gasteiger partial charge in [-0.05, 0) is 45.8 Å². The highest BCUT2D eigenvalue weighted by Crippen LogP contribution is 2.59. The lowest BCUT2D eigenvalue weighted by Crippen LogP contribution is -2.55. The van der Waals surface area contributed by atoms with Crippen LogP contribution in [0.2, 0.25) is 0 Å². The molecule has 0 saturated heterocycles. The van der Waals surface area contributed by atoms with Gasteiger partial charge < -0.3 is 10.2 Å². The fraction of sp³-hybridized carbons (Fsp3) is 0.167. The topological polar surface area (TPSA) is 40.5 Å². The fourth-order valence-electron chi connectivity index (χ4n) is 4.58. The minimum atomic E-state index is -5.37. The summed E-state index contributed by atoms with van der Waals surface area (Å²) in [4.78, 5) is 0. The van der Waals surface area contributed by atoms with E-state index in [-0.39, 0.29) is 21.5 Å². The van der Waals surface area contributed by atoms with Gasteiger partial charge in [-0.1, -0.05) is 48.5 Å². The Morgan fingerprint density at radius 2 is 0.688 bits per heavy atom. The van der Waals surface area contributed by atoms with E-state index in [1.54, 1.807) is 0 Å². The van der Waals surface area contributed by atoms with Gasteiger partial charge in [-0.3, -0.25) is 0 Å². The number of aliphatic hydroxyl groups is 2. The number of benzene rings is 4. The van der Waals surface area contributed by atoms with Crippen molar-refractivity contribution in [2.75, 3.05) is 0 Å². The van der Waals surface area contributed by atoms with Gasteiger partial charge in [0, 0.05) is 22.3 Å². The lowest BCUT2D eigenvalue weighted by molar-refractivity contribution is -0.270. The van der Waals surface area contributed by atoms with Crippen LogP contribution in [0.15, 0.2) is 72.8 Å². The quantitative estimate of drug-likeness (QED) is 0.329. The molecule has 0 heterocycles. The molecule has 1 aliphatic carbocycles. The van der Waals surface area contributed by atoms with E-state index in [9.17, 15) is 36.6 Å². The van der Waals surface area contributed by atoms with Crippen LogP contribution in [0.25, 0.3) is 21.5 Å². The summed E-state index contributed by atoms with van der Waals surface area (Å²) in [5.41, 5.74) is -11.7.